The Labute approximate surface area is 228 Å². The number of likely N-dealkylation sites (N-methyl/N-ethyl adjacent to an activating group) is 1. The molecule has 10 nitrogen and oxygen atoms in total. The molecule has 1 fully saturated rings. The first-order chi connectivity index (χ1) is 18.5. The highest BCUT2D eigenvalue weighted by atomic mass is 16.6. The van der Waals surface area contributed by atoms with Crippen LogP contribution in [-0.4, -0.2) is 69.0 Å². The maximum atomic E-state index is 13.7. The van der Waals surface area contributed by atoms with Gasteiger partial charge in [-0.25, -0.2) is 4.79 Å². The molecule has 0 spiro atoms. The number of nitrogens with zero attached hydrogens (tertiary/aromatic N) is 2. The lowest BCUT2D eigenvalue weighted by molar-refractivity contribution is -0.120. The van der Waals surface area contributed by atoms with Crippen LogP contribution in [-0.2, 0) is 27.9 Å². The molecule has 2 aromatic rings. The zero-order chi connectivity index (χ0) is 28.5. The van der Waals surface area contributed by atoms with E-state index in [0.717, 1.165) is 11.1 Å². The highest BCUT2D eigenvalue weighted by Crippen LogP contribution is 2.41. The van der Waals surface area contributed by atoms with Gasteiger partial charge < -0.3 is 24.4 Å². The number of amides is 2. The minimum atomic E-state index is -0.479. The molecule has 2 aliphatic heterocycles. The number of anilines is 1. The van der Waals surface area contributed by atoms with E-state index in [9.17, 15) is 14.4 Å². The number of benzene rings is 2. The minimum Gasteiger partial charge on any atom is -0.494 e. The van der Waals surface area contributed by atoms with E-state index in [4.69, 9.17) is 19.6 Å². The molecule has 10 heteroatoms. The molecule has 2 heterocycles. The van der Waals surface area contributed by atoms with Crippen LogP contribution in [0.25, 0.3) is 0 Å². The molecular formula is C29H36N4O6. The first-order valence-corrected chi connectivity index (χ1v) is 13.0. The SMILES string of the molecule is CCOc1cc2c(cc1CC(=O)NC)C(=N)N(CC(=O)c1cc(N3CCOC3=O)c(OC)c(C(C)(C)C)c1)C2. The van der Waals surface area contributed by atoms with E-state index in [-0.39, 0.29) is 42.5 Å². The number of carbonyl (C=O) groups excluding carboxylic acids is 3. The van der Waals surface area contributed by atoms with Gasteiger partial charge in [0.2, 0.25) is 5.91 Å². The fourth-order valence-corrected chi connectivity index (χ4v) is 4.92. The summed E-state index contributed by atoms with van der Waals surface area (Å²) in [6.07, 6.45) is -0.346. The first kappa shape index (κ1) is 27.9. The summed E-state index contributed by atoms with van der Waals surface area (Å²) in [5.41, 5.74) is 3.59. The Morgan fingerprint density at radius 1 is 1.18 bits per heavy atom. The predicted octanol–water partition coefficient (Wildman–Crippen LogP) is 3.66. The maximum absolute atomic E-state index is 13.7. The number of rotatable bonds is 9. The van der Waals surface area contributed by atoms with E-state index >= 15 is 0 Å². The van der Waals surface area contributed by atoms with Crippen LogP contribution < -0.4 is 19.7 Å². The van der Waals surface area contributed by atoms with Crippen molar-refractivity contribution >= 4 is 29.3 Å². The molecule has 0 atom stereocenters. The zero-order valence-electron chi connectivity index (χ0n) is 23.4. The summed E-state index contributed by atoms with van der Waals surface area (Å²) in [5, 5.41) is 11.4. The van der Waals surface area contributed by atoms with Crippen molar-refractivity contribution < 1.29 is 28.6 Å². The molecule has 0 aromatic heterocycles. The average Bonchev–Trinajstić information content (AvgIpc) is 3.45. The number of hydrogen-bond acceptors (Lipinski definition) is 7. The predicted molar refractivity (Wildman–Crippen MR) is 147 cm³/mol. The molecule has 0 unspecified atom stereocenters. The van der Waals surface area contributed by atoms with Gasteiger partial charge in [0.15, 0.2) is 5.78 Å². The van der Waals surface area contributed by atoms with Gasteiger partial charge in [-0.05, 0) is 42.2 Å². The summed E-state index contributed by atoms with van der Waals surface area (Å²) >= 11 is 0. The second-order valence-corrected chi connectivity index (χ2v) is 10.6. The van der Waals surface area contributed by atoms with Crippen LogP contribution in [0.4, 0.5) is 10.5 Å². The summed E-state index contributed by atoms with van der Waals surface area (Å²) < 4.78 is 16.6. The minimum absolute atomic E-state index is 0.0257. The number of hydrogen-bond donors (Lipinski definition) is 2. The molecule has 0 radical (unpaired) electrons. The summed E-state index contributed by atoms with van der Waals surface area (Å²) in [5.74, 6) is 1.01. The number of cyclic esters (lactones) is 1. The summed E-state index contributed by atoms with van der Waals surface area (Å²) in [6.45, 7) is 9.35. The van der Waals surface area contributed by atoms with Gasteiger partial charge in [0.1, 0.15) is 23.9 Å². The van der Waals surface area contributed by atoms with Crippen LogP contribution in [0.15, 0.2) is 24.3 Å². The van der Waals surface area contributed by atoms with Crippen molar-refractivity contribution in [1.82, 2.24) is 10.2 Å². The Bertz CT molecular complexity index is 1330. The van der Waals surface area contributed by atoms with E-state index in [1.165, 1.54) is 4.90 Å². The lowest BCUT2D eigenvalue weighted by Crippen LogP contribution is -2.31. The van der Waals surface area contributed by atoms with E-state index in [0.29, 0.717) is 53.6 Å². The molecule has 0 bridgehead atoms. The fourth-order valence-electron chi connectivity index (χ4n) is 4.92. The Balaban J connectivity index is 1.65. The smallest absolute Gasteiger partial charge is 0.414 e. The van der Waals surface area contributed by atoms with Crippen LogP contribution in [0.5, 0.6) is 11.5 Å². The van der Waals surface area contributed by atoms with Gasteiger partial charge in [0.05, 0.1) is 38.9 Å². The lowest BCUT2D eigenvalue weighted by Gasteiger charge is -2.27. The molecule has 2 amide bonds. The Morgan fingerprint density at radius 2 is 1.92 bits per heavy atom. The molecule has 4 rings (SSSR count). The van der Waals surface area contributed by atoms with Crippen LogP contribution in [0.3, 0.4) is 0 Å². The summed E-state index contributed by atoms with van der Waals surface area (Å²) in [4.78, 5) is 41.3. The van der Waals surface area contributed by atoms with E-state index < -0.39 is 6.09 Å². The quantitative estimate of drug-likeness (QED) is 0.469. The van der Waals surface area contributed by atoms with Gasteiger partial charge in [-0.1, -0.05) is 20.8 Å². The summed E-state index contributed by atoms with van der Waals surface area (Å²) in [6, 6.07) is 7.15. The number of fused-ring (bicyclic) bond motifs is 1. The molecule has 2 aromatic carbocycles. The third-order valence-electron chi connectivity index (χ3n) is 6.94. The van der Waals surface area contributed by atoms with E-state index in [2.05, 4.69) is 5.32 Å². The third kappa shape index (κ3) is 5.55. The molecular weight excluding hydrogens is 500 g/mol. The van der Waals surface area contributed by atoms with Gasteiger partial charge in [0, 0.05) is 35.8 Å². The topological polar surface area (TPSA) is 121 Å². The lowest BCUT2D eigenvalue weighted by atomic mass is 9.84. The van der Waals surface area contributed by atoms with Crippen molar-refractivity contribution in [3.05, 3.63) is 52.1 Å². The Morgan fingerprint density at radius 3 is 2.51 bits per heavy atom. The maximum Gasteiger partial charge on any atom is 0.414 e. The average molecular weight is 537 g/mol. The van der Waals surface area contributed by atoms with Crippen molar-refractivity contribution in [3.63, 3.8) is 0 Å². The Hall–Kier alpha value is -4.08. The highest BCUT2D eigenvalue weighted by molar-refractivity contribution is 6.06. The molecule has 0 saturated carbocycles. The normalized spacial score (nSPS) is 14.8. The largest absolute Gasteiger partial charge is 0.494 e. The number of amidine groups is 1. The second kappa shape index (κ2) is 11.0. The van der Waals surface area contributed by atoms with Gasteiger partial charge in [-0.15, -0.1) is 0 Å². The van der Waals surface area contributed by atoms with Crippen molar-refractivity contribution in [1.29, 1.82) is 5.41 Å². The van der Waals surface area contributed by atoms with Crippen LogP contribution in [0, 0.1) is 5.41 Å². The van der Waals surface area contributed by atoms with Crippen molar-refractivity contribution in [2.75, 3.05) is 45.4 Å². The molecule has 1 saturated heterocycles. The number of methoxy groups -OCH3 is 1. The standard InChI is InChI=1S/C29H36N4O6/c1-7-38-24-13-19-15-32(27(30)20(19)10-18(24)14-25(35)31-5)16-23(34)17-11-21(29(2,3)4)26(37-6)22(12-17)33-8-9-39-28(33)36/h10-13,30H,7-9,14-16H2,1-6H3,(H,31,35). The number of ketones is 1. The van der Waals surface area contributed by atoms with Gasteiger partial charge in [-0.2, -0.15) is 0 Å². The van der Waals surface area contributed by atoms with Crippen LogP contribution in [0.2, 0.25) is 0 Å². The van der Waals surface area contributed by atoms with Crippen molar-refractivity contribution in [2.45, 2.75) is 46.1 Å². The fraction of sp³-hybridized carbons (Fsp3) is 0.448. The van der Waals surface area contributed by atoms with Crippen LogP contribution in [0.1, 0.15) is 60.3 Å². The second-order valence-electron chi connectivity index (χ2n) is 10.6. The molecule has 208 valence electrons. The van der Waals surface area contributed by atoms with Gasteiger partial charge in [-0.3, -0.25) is 19.9 Å². The van der Waals surface area contributed by atoms with E-state index in [1.807, 2.05) is 45.9 Å². The van der Waals surface area contributed by atoms with E-state index in [1.54, 1.807) is 25.1 Å². The monoisotopic (exact) mass is 536 g/mol. The van der Waals surface area contributed by atoms with Gasteiger partial charge in [0.25, 0.3) is 0 Å². The molecule has 0 aliphatic carbocycles. The summed E-state index contributed by atoms with van der Waals surface area (Å²) in [7, 11) is 3.13. The first-order valence-electron chi connectivity index (χ1n) is 13.0. The van der Waals surface area contributed by atoms with Gasteiger partial charge >= 0.3 is 6.09 Å². The third-order valence-corrected chi connectivity index (χ3v) is 6.94. The van der Waals surface area contributed by atoms with Crippen LogP contribution >= 0.6 is 0 Å². The van der Waals surface area contributed by atoms with Crippen molar-refractivity contribution in [3.8, 4) is 11.5 Å². The number of ether oxygens (including phenoxy) is 3. The molecule has 2 aliphatic rings. The Kier molecular flexibility index (Phi) is 7.85. The molecule has 2 N–H and O–H groups in total. The number of carbonyl (C=O) groups is 3. The van der Waals surface area contributed by atoms with Crippen molar-refractivity contribution in [2.24, 2.45) is 0 Å². The number of nitrogens with one attached hydrogen (secondary N) is 2. The highest BCUT2D eigenvalue weighted by Gasteiger charge is 2.33. The molecule has 39 heavy (non-hydrogen) atoms. The number of Topliss-reactive ketones (excluding diaryl/α,β-unsaturated/α-hetero) is 1. The zero-order valence-corrected chi connectivity index (χ0v) is 23.4.